The van der Waals surface area contributed by atoms with E-state index in [0.29, 0.717) is 25.3 Å². The number of amides is 1. The molecule has 1 aliphatic rings. The third-order valence-electron chi connectivity index (χ3n) is 4.97. The predicted molar refractivity (Wildman–Crippen MR) is 105 cm³/mol. The van der Waals surface area contributed by atoms with Crippen LogP contribution in [0.15, 0.2) is 54.7 Å². The maximum atomic E-state index is 12.4. The summed E-state index contributed by atoms with van der Waals surface area (Å²) in [6.45, 7) is 3.44. The summed E-state index contributed by atoms with van der Waals surface area (Å²) in [6, 6.07) is 15.1. The highest BCUT2D eigenvalue weighted by Crippen LogP contribution is 2.26. The van der Waals surface area contributed by atoms with Gasteiger partial charge in [-0.2, -0.15) is 5.10 Å². The number of ether oxygens (including phenoxy) is 1. The second-order valence-electron chi connectivity index (χ2n) is 7.04. The molecule has 3 aromatic rings. The summed E-state index contributed by atoms with van der Waals surface area (Å²) in [5.74, 6) is -0.127. The maximum Gasteiger partial charge on any atom is 0.251 e. The van der Waals surface area contributed by atoms with Gasteiger partial charge in [0.2, 0.25) is 0 Å². The number of phenolic OH excluding ortho intramolecular Hbond substituents is 1. The van der Waals surface area contributed by atoms with Gasteiger partial charge in [0.15, 0.2) is 0 Å². The molecule has 2 aromatic carbocycles. The quantitative estimate of drug-likeness (QED) is 0.717. The number of rotatable bonds is 5. The van der Waals surface area contributed by atoms with Crippen molar-refractivity contribution in [3.63, 3.8) is 0 Å². The Bertz CT molecular complexity index is 982. The zero-order valence-corrected chi connectivity index (χ0v) is 15.8. The van der Waals surface area contributed by atoms with E-state index < -0.39 is 0 Å². The van der Waals surface area contributed by atoms with Gasteiger partial charge in [-0.05, 0) is 42.2 Å². The number of carbonyl (C=O) groups excluding carboxylic acids is 1. The van der Waals surface area contributed by atoms with Crippen molar-refractivity contribution in [3.8, 4) is 5.75 Å². The summed E-state index contributed by atoms with van der Waals surface area (Å²) in [6.07, 6.45) is 2.61. The molecule has 0 fully saturated rings. The van der Waals surface area contributed by atoms with Crippen LogP contribution in [0.5, 0.6) is 5.75 Å². The third kappa shape index (κ3) is 3.92. The topological polar surface area (TPSA) is 76.4 Å². The zero-order valence-electron chi connectivity index (χ0n) is 15.8. The van der Waals surface area contributed by atoms with Crippen molar-refractivity contribution in [1.29, 1.82) is 0 Å². The molecule has 1 atom stereocenters. The number of nitrogens with one attached hydrogen (secondary N) is 1. The Morgan fingerprint density at radius 3 is 2.89 bits per heavy atom. The van der Waals surface area contributed by atoms with Crippen LogP contribution in [-0.2, 0) is 17.7 Å². The molecule has 0 bridgehead atoms. The highest BCUT2D eigenvalue weighted by atomic mass is 16.5. The lowest BCUT2D eigenvalue weighted by Crippen LogP contribution is -2.31. The molecule has 0 saturated carbocycles. The molecule has 2 N–H and O–H groups in total. The molecule has 0 unspecified atom stereocenters. The van der Waals surface area contributed by atoms with Crippen molar-refractivity contribution in [2.24, 2.45) is 0 Å². The predicted octanol–water partition coefficient (Wildman–Crippen LogP) is 2.99. The van der Waals surface area contributed by atoms with Crippen LogP contribution in [0.25, 0.3) is 0 Å². The number of benzene rings is 2. The van der Waals surface area contributed by atoms with E-state index in [-0.39, 0.29) is 17.8 Å². The van der Waals surface area contributed by atoms with Crippen LogP contribution in [0.2, 0.25) is 0 Å². The lowest BCUT2D eigenvalue weighted by Gasteiger charge is -2.22. The van der Waals surface area contributed by atoms with Crippen LogP contribution < -0.4 is 5.32 Å². The van der Waals surface area contributed by atoms with Crippen LogP contribution in [0, 0.1) is 6.92 Å². The minimum absolute atomic E-state index is 0.114. The van der Waals surface area contributed by atoms with E-state index in [4.69, 9.17) is 9.84 Å². The average Bonchev–Trinajstić information content (AvgIpc) is 3.12. The lowest BCUT2D eigenvalue weighted by molar-refractivity contribution is 0.0383. The number of carbonyl (C=O) groups is 1. The number of aryl methyl sites for hydroxylation is 1. The van der Waals surface area contributed by atoms with E-state index in [0.717, 1.165) is 23.2 Å². The van der Waals surface area contributed by atoms with E-state index in [2.05, 4.69) is 23.6 Å². The van der Waals surface area contributed by atoms with Crippen LogP contribution in [0.1, 0.15) is 38.8 Å². The summed E-state index contributed by atoms with van der Waals surface area (Å²) in [5.41, 5.74) is 4.39. The largest absolute Gasteiger partial charge is 0.508 e. The summed E-state index contributed by atoms with van der Waals surface area (Å²) in [4.78, 5) is 12.4. The smallest absolute Gasteiger partial charge is 0.251 e. The van der Waals surface area contributed by atoms with Gasteiger partial charge in [-0.25, -0.2) is 0 Å². The molecule has 6 nitrogen and oxygen atoms in total. The van der Waals surface area contributed by atoms with E-state index in [1.54, 1.807) is 19.1 Å². The molecule has 2 heterocycles. The number of nitrogens with zero attached hydrogens (tertiary/aromatic N) is 2. The summed E-state index contributed by atoms with van der Waals surface area (Å²) >= 11 is 0. The van der Waals surface area contributed by atoms with Crippen molar-refractivity contribution < 1.29 is 14.6 Å². The van der Waals surface area contributed by atoms with Gasteiger partial charge < -0.3 is 15.2 Å². The van der Waals surface area contributed by atoms with Gasteiger partial charge in [-0.3, -0.25) is 9.48 Å². The van der Waals surface area contributed by atoms with Crippen molar-refractivity contribution >= 4 is 5.91 Å². The number of hydrogen-bond donors (Lipinski definition) is 2. The first-order valence-electron chi connectivity index (χ1n) is 9.40. The molecule has 28 heavy (non-hydrogen) atoms. The Hall–Kier alpha value is -3.12. The van der Waals surface area contributed by atoms with Gasteiger partial charge in [-0.1, -0.05) is 36.4 Å². The number of fused-ring (bicyclic) bond motifs is 1. The SMILES string of the molecule is Cc1ccc(C(=O)NC[C@@H]2OCCc3cn(Cc4ccccc4)nc32)cc1O. The fourth-order valence-corrected chi connectivity index (χ4v) is 3.38. The third-order valence-corrected chi connectivity index (χ3v) is 4.97. The number of aromatic hydroxyl groups is 1. The molecule has 0 aliphatic carbocycles. The van der Waals surface area contributed by atoms with E-state index >= 15 is 0 Å². The van der Waals surface area contributed by atoms with Crippen molar-refractivity contribution in [2.45, 2.75) is 26.0 Å². The van der Waals surface area contributed by atoms with E-state index in [1.165, 1.54) is 11.6 Å². The Morgan fingerprint density at radius 2 is 2.11 bits per heavy atom. The molecular formula is C22H23N3O3. The number of aromatic nitrogens is 2. The monoisotopic (exact) mass is 377 g/mol. The molecule has 0 spiro atoms. The van der Waals surface area contributed by atoms with Gasteiger partial charge in [0.25, 0.3) is 5.91 Å². The fraction of sp³-hybridized carbons (Fsp3) is 0.273. The highest BCUT2D eigenvalue weighted by Gasteiger charge is 2.25. The molecular weight excluding hydrogens is 354 g/mol. The first-order valence-corrected chi connectivity index (χ1v) is 9.40. The van der Waals surface area contributed by atoms with Crippen molar-refractivity contribution in [3.05, 3.63) is 82.7 Å². The van der Waals surface area contributed by atoms with Crippen LogP contribution in [0.4, 0.5) is 0 Å². The lowest BCUT2D eigenvalue weighted by atomic mass is 10.1. The second kappa shape index (κ2) is 7.86. The molecule has 6 heteroatoms. The summed E-state index contributed by atoms with van der Waals surface area (Å²) in [5, 5.41) is 17.4. The maximum absolute atomic E-state index is 12.4. The number of phenols is 1. The zero-order chi connectivity index (χ0) is 19.5. The molecule has 0 saturated heterocycles. The first kappa shape index (κ1) is 18.3. The average molecular weight is 377 g/mol. The van der Waals surface area contributed by atoms with E-state index in [1.807, 2.05) is 22.9 Å². The summed E-state index contributed by atoms with van der Waals surface area (Å²) in [7, 11) is 0. The fourth-order valence-electron chi connectivity index (χ4n) is 3.38. The van der Waals surface area contributed by atoms with Gasteiger partial charge in [0, 0.05) is 18.3 Å². The summed E-state index contributed by atoms with van der Waals surface area (Å²) < 4.78 is 7.79. The molecule has 0 radical (unpaired) electrons. The van der Waals surface area contributed by atoms with Gasteiger partial charge in [0.05, 0.1) is 18.8 Å². The molecule has 1 aromatic heterocycles. The Balaban J connectivity index is 1.44. The van der Waals surface area contributed by atoms with Crippen LogP contribution in [-0.4, -0.2) is 33.9 Å². The van der Waals surface area contributed by atoms with Crippen LogP contribution >= 0.6 is 0 Å². The Morgan fingerprint density at radius 1 is 1.29 bits per heavy atom. The second-order valence-corrected chi connectivity index (χ2v) is 7.04. The molecule has 1 amide bonds. The van der Waals surface area contributed by atoms with Gasteiger partial charge in [0.1, 0.15) is 11.9 Å². The molecule has 144 valence electrons. The van der Waals surface area contributed by atoms with Gasteiger partial charge >= 0.3 is 0 Å². The molecule has 4 rings (SSSR count). The van der Waals surface area contributed by atoms with Crippen LogP contribution in [0.3, 0.4) is 0 Å². The normalized spacial score (nSPS) is 15.8. The van der Waals surface area contributed by atoms with E-state index in [9.17, 15) is 9.90 Å². The highest BCUT2D eigenvalue weighted by molar-refractivity contribution is 5.94. The molecule has 1 aliphatic heterocycles. The Labute approximate surface area is 163 Å². The van der Waals surface area contributed by atoms with Crippen molar-refractivity contribution in [1.82, 2.24) is 15.1 Å². The minimum Gasteiger partial charge on any atom is -0.508 e. The van der Waals surface area contributed by atoms with Gasteiger partial charge in [-0.15, -0.1) is 0 Å². The Kier molecular flexibility index (Phi) is 5.12. The number of hydrogen-bond acceptors (Lipinski definition) is 4. The minimum atomic E-state index is -0.274. The van der Waals surface area contributed by atoms with Crippen molar-refractivity contribution in [2.75, 3.05) is 13.2 Å². The first-order chi connectivity index (χ1) is 13.6. The standard InChI is InChI=1S/C22H23N3O3/c1-15-7-8-17(11-19(15)26)22(27)23-12-20-21-18(9-10-28-20)14-25(24-21)13-16-5-3-2-4-6-16/h2-8,11,14,20,26H,9-10,12-13H2,1H3,(H,23,27)/t20-/m0/s1.